The maximum Gasteiger partial charge on any atom is 0.271 e. The van der Waals surface area contributed by atoms with E-state index < -0.39 is 21.5 Å². The third-order valence-corrected chi connectivity index (χ3v) is 7.20. The van der Waals surface area contributed by atoms with E-state index in [2.05, 4.69) is 5.32 Å². The molecule has 2 heterocycles. The average molecular weight is 438 g/mol. The van der Waals surface area contributed by atoms with Crippen molar-refractivity contribution in [1.82, 2.24) is 14.2 Å². The number of hydrogen-bond acceptors (Lipinski definition) is 4. The first kappa shape index (κ1) is 21.5. The Labute approximate surface area is 175 Å². The van der Waals surface area contributed by atoms with Gasteiger partial charge in [-0.1, -0.05) is 42.6 Å². The smallest absolute Gasteiger partial charge is 0.271 e. The highest BCUT2D eigenvalue weighted by molar-refractivity contribution is 7.89. The van der Waals surface area contributed by atoms with E-state index in [1.165, 1.54) is 22.6 Å². The van der Waals surface area contributed by atoms with E-state index >= 15 is 0 Å². The molecule has 0 spiro atoms. The Hall–Kier alpha value is -2.16. The highest BCUT2D eigenvalue weighted by Crippen LogP contribution is 2.18. The number of sulfonamides is 1. The third-order valence-electron chi connectivity index (χ3n) is 4.92. The number of nitrogens with zero attached hydrogens (tertiary/aromatic N) is 2. The van der Waals surface area contributed by atoms with Gasteiger partial charge in [0, 0.05) is 30.9 Å². The molecule has 9 heteroatoms. The van der Waals surface area contributed by atoms with Gasteiger partial charge in [-0.05, 0) is 36.6 Å². The molecule has 0 radical (unpaired) electrons. The van der Waals surface area contributed by atoms with Gasteiger partial charge in [0.25, 0.3) is 5.56 Å². The molecule has 1 amide bonds. The van der Waals surface area contributed by atoms with E-state index in [-0.39, 0.29) is 18.0 Å². The number of aromatic nitrogens is 1. The fraction of sp³-hybridized carbons (Fsp3) is 0.400. The highest BCUT2D eigenvalue weighted by Gasteiger charge is 2.28. The third kappa shape index (κ3) is 5.26. The number of hydrogen-bond donors (Lipinski definition) is 1. The van der Waals surface area contributed by atoms with Gasteiger partial charge in [-0.25, -0.2) is 8.42 Å². The average Bonchev–Trinajstić information content (AvgIpc) is 2.99. The van der Waals surface area contributed by atoms with Crippen molar-refractivity contribution in [2.45, 2.75) is 43.7 Å². The van der Waals surface area contributed by atoms with Crippen LogP contribution in [0.5, 0.6) is 0 Å². The second kappa shape index (κ2) is 9.56. The monoisotopic (exact) mass is 437 g/mol. The molecule has 156 valence electrons. The van der Waals surface area contributed by atoms with E-state index in [1.54, 1.807) is 18.2 Å². The maximum atomic E-state index is 12.9. The van der Waals surface area contributed by atoms with Crippen molar-refractivity contribution < 1.29 is 13.2 Å². The van der Waals surface area contributed by atoms with Gasteiger partial charge in [0.1, 0.15) is 11.4 Å². The normalized spacial score (nSPS) is 15.6. The first-order chi connectivity index (χ1) is 13.9. The van der Waals surface area contributed by atoms with E-state index in [0.717, 1.165) is 35.8 Å². The Bertz CT molecular complexity index is 1030. The van der Waals surface area contributed by atoms with Crippen LogP contribution in [0.1, 0.15) is 31.2 Å². The number of pyridine rings is 1. The van der Waals surface area contributed by atoms with Gasteiger partial charge >= 0.3 is 0 Å². The Balaban J connectivity index is 1.73. The minimum Gasteiger partial charge on any atom is -0.350 e. The van der Waals surface area contributed by atoms with E-state index in [4.69, 9.17) is 11.6 Å². The molecular formula is C20H24ClN3O4S. The molecule has 0 saturated carbocycles. The molecular weight excluding hydrogens is 414 g/mol. The fourth-order valence-electron chi connectivity index (χ4n) is 3.30. The number of amides is 1. The number of nitrogens with one attached hydrogen (secondary N) is 1. The van der Waals surface area contributed by atoms with Gasteiger partial charge in [0.05, 0.1) is 0 Å². The largest absolute Gasteiger partial charge is 0.350 e. The van der Waals surface area contributed by atoms with Gasteiger partial charge in [0.2, 0.25) is 15.9 Å². The lowest BCUT2D eigenvalue weighted by atomic mass is 10.2. The summed E-state index contributed by atoms with van der Waals surface area (Å²) < 4.78 is 28.4. The number of benzene rings is 1. The first-order valence-corrected chi connectivity index (χ1v) is 11.4. The van der Waals surface area contributed by atoms with Crippen molar-refractivity contribution in [3.8, 4) is 0 Å². The Kier molecular flexibility index (Phi) is 7.10. The predicted octanol–water partition coefficient (Wildman–Crippen LogP) is 2.38. The summed E-state index contributed by atoms with van der Waals surface area (Å²) in [6.07, 6.45) is 4.95. The summed E-state index contributed by atoms with van der Waals surface area (Å²) in [6.45, 7) is 0.773. The molecule has 7 nitrogen and oxygen atoms in total. The summed E-state index contributed by atoms with van der Waals surface area (Å²) >= 11 is 6.07. The van der Waals surface area contributed by atoms with Gasteiger partial charge in [-0.3, -0.25) is 9.59 Å². The summed E-state index contributed by atoms with van der Waals surface area (Å²) in [5.74, 6) is -0.406. The van der Waals surface area contributed by atoms with Crippen LogP contribution < -0.4 is 10.9 Å². The van der Waals surface area contributed by atoms with Gasteiger partial charge < -0.3 is 9.88 Å². The SMILES string of the molecule is O=C(Cn1cccc(S(=O)(=O)N2CCCCCC2)c1=O)NCc1ccccc1Cl. The minimum atomic E-state index is -3.88. The second-order valence-electron chi connectivity index (χ2n) is 6.99. The maximum absolute atomic E-state index is 12.9. The molecule has 0 atom stereocenters. The van der Waals surface area contributed by atoms with Crippen LogP contribution in [0, 0.1) is 0 Å². The topological polar surface area (TPSA) is 88.5 Å². The lowest BCUT2D eigenvalue weighted by Crippen LogP contribution is -2.38. The quantitative estimate of drug-likeness (QED) is 0.751. The van der Waals surface area contributed by atoms with Gasteiger partial charge in [-0.15, -0.1) is 0 Å². The molecule has 3 rings (SSSR count). The van der Waals surface area contributed by atoms with Gasteiger partial charge in [-0.2, -0.15) is 4.31 Å². The Morgan fingerprint density at radius 1 is 1.03 bits per heavy atom. The molecule has 0 bridgehead atoms. The molecule has 1 N–H and O–H groups in total. The lowest BCUT2D eigenvalue weighted by molar-refractivity contribution is -0.121. The summed E-state index contributed by atoms with van der Waals surface area (Å²) in [5.41, 5.74) is 0.0667. The number of carbonyl (C=O) groups is 1. The van der Waals surface area contributed by atoms with Crippen LogP contribution in [0.3, 0.4) is 0 Å². The lowest BCUT2D eigenvalue weighted by Gasteiger charge is -2.20. The van der Waals surface area contributed by atoms with Crippen molar-refractivity contribution in [2.24, 2.45) is 0 Å². The van der Waals surface area contributed by atoms with E-state index in [0.29, 0.717) is 18.1 Å². The molecule has 29 heavy (non-hydrogen) atoms. The molecule has 0 aliphatic carbocycles. The standard InChI is InChI=1S/C20H24ClN3O4S/c21-17-9-4-3-8-16(17)14-22-19(25)15-23-11-7-10-18(20(23)26)29(27,28)24-12-5-1-2-6-13-24/h3-4,7-11H,1-2,5-6,12-15H2,(H,22,25). The van der Waals surface area contributed by atoms with Crippen LogP contribution in [0.2, 0.25) is 5.02 Å². The molecule has 1 aromatic carbocycles. The van der Waals surface area contributed by atoms with Crippen molar-refractivity contribution >= 4 is 27.5 Å². The zero-order valence-electron chi connectivity index (χ0n) is 16.0. The van der Waals surface area contributed by atoms with Crippen molar-refractivity contribution in [3.05, 3.63) is 63.5 Å². The summed E-state index contributed by atoms with van der Waals surface area (Å²) in [6, 6.07) is 9.92. The van der Waals surface area contributed by atoms with E-state index in [9.17, 15) is 18.0 Å². The summed E-state index contributed by atoms with van der Waals surface area (Å²) in [7, 11) is -3.88. The van der Waals surface area contributed by atoms with Crippen molar-refractivity contribution in [2.75, 3.05) is 13.1 Å². The molecule has 0 unspecified atom stereocenters. The van der Waals surface area contributed by atoms with Crippen LogP contribution in [0.4, 0.5) is 0 Å². The van der Waals surface area contributed by atoms with Gasteiger partial charge in [0.15, 0.2) is 0 Å². The molecule has 1 aliphatic heterocycles. The minimum absolute atomic E-state index is 0.221. The molecule has 1 aliphatic rings. The highest BCUT2D eigenvalue weighted by atomic mass is 35.5. The fourth-order valence-corrected chi connectivity index (χ4v) is 5.11. The number of rotatable bonds is 6. The predicted molar refractivity (Wildman–Crippen MR) is 111 cm³/mol. The number of halogens is 1. The molecule has 1 fully saturated rings. The van der Waals surface area contributed by atoms with E-state index in [1.807, 2.05) is 6.07 Å². The van der Waals surface area contributed by atoms with Crippen LogP contribution in [0.15, 0.2) is 52.3 Å². The summed E-state index contributed by atoms with van der Waals surface area (Å²) in [4.78, 5) is 24.8. The van der Waals surface area contributed by atoms with Crippen molar-refractivity contribution in [3.63, 3.8) is 0 Å². The Morgan fingerprint density at radius 2 is 1.72 bits per heavy atom. The summed E-state index contributed by atoms with van der Waals surface area (Å²) in [5, 5.41) is 3.24. The first-order valence-electron chi connectivity index (χ1n) is 9.59. The zero-order valence-corrected chi connectivity index (χ0v) is 17.6. The number of carbonyl (C=O) groups excluding carboxylic acids is 1. The van der Waals surface area contributed by atoms with Crippen LogP contribution in [-0.4, -0.2) is 36.3 Å². The zero-order chi connectivity index (χ0) is 20.9. The Morgan fingerprint density at radius 3 is 2.41 bits per heavy atom. The molecule has 1 saturated heterocycles. The molecule has 2 aromatic rings. The molecule has 1 aromatic heterocycles. The second-order valence-corrected chi connectivity index (χ2v) is 9.31. The van der Waals surface area contributed by atoms with Crippen LogP contribution in [0.25, 0.3) is 0 Å². The van der Waals surface area contributed by atoms with Crippen molar-refractivity contribution in [1.29, 1.82) is 0 Å². The van der Waals surface area contributed by atoms with Crippen LogP contribution >= 0.6 is 11.6 Å². The van der Waals surface area contributed by atoms with Crippen LogP contribution in [-0.2, 0) is 27.9 Å².